The lowest BCUT2D eigenvalue weighted by Crippen LogP contribution is -2.20. The maximum absolute atomic E-state index is 13.7. The van der Waals surface area contributed by atoms with E-state index in [-0.39, 0.29) is 12.7 Å². The molecular formula is C15H14F4N2O3. The average Bonchev–Trinajstić information content (AvgIpc) is 2.56. The Balaban J connectivity index is 3.31. The highest BCUT2D eigenvalue weighted by atomic mass is 19.2. The molecule has 1 aromatic rings. The zero-order valence-electron chi connectivity index (χ0n) is 12.8. The van der Waals surface area contributed by atoms with E-state index >= 15 is 0 Å². The van der Waals surface area contributed by atoms with E-state index in [2.05, 4.69) is 15.3 Å². The Morgan fingerprint density at radius 2 is 1.83 bits per heavy atom. The van der Waals surface area contributed by atoms with E-state index in [0.29, 0.717) is 6.42 Å². The summed E-state index contributed by atoms with van der Waals surface area (Å²) in [5.41, 5.74) is 0.337. The van der Waals surface area contributed by atoms with E-state index in [4.69, 9.17) is 0 Å². The Morgan fingerprint density at radius 3 is 2.42 bits per heavy atom. The van der Waals surface area contributed by atoms with Crippen LogP contribution in [0.2, 0.25) is 0 Å². The van der Waals surface area contributed by atoms with Gasteiger partial charge >= 0.3 is 5.97 Å². The number of ether oxygens (including phenoxy) is 1. The van der Waals surface area contributed by atoms with Crippen molar-refractivity contribution in [2.24, 2.45) is 5.10 Å². The number of carbonyl (C=O) groups is 2. The summed E-state index contributed by atoms with van der Waals surface area (Å²) in [5, 5.41) is 3.61. The summed E-state index contributed by atoms with van der Waals surface area (Å²) in [6.07, 6.45) is 2.75. The van der Waals surface area contributed by atoms with Crippen LogP contribution in [-0.4, -0.2) is 24.6 Å². The number of Topliss-reactive ketones (excluding diaryl/α,β-unsaturated/α-hetero) is 1. The van der Waals surface area contributed by atoms with Crippen molar-refractivity contribution in [2.45, 2.75) is 20.3 Å². The SMILES string of the molecule is CC/C=N/N/C=C(\C(=O)OCC)C(=O)c1cc(F)c(F)c(F)c1F. The van der Waals surface area contributed by atoms with Gasteiger partial charge in [-0.1, -0.05) is 6.92 Å². The molecule has 0 atom stereocenters. The van der Waals surface area contributed by atoms with Crippen molar-refractivity contribution in [1.82, 2.24) is 5.43 Å². The van der Waals surface area contributed by atoms with Gasteiger partial charge in [0, 0.05) is 12.4 Å². The smallest absolute Gasteiger partial charge is 0.343 e. The number of hydrazone groups is 1. The number of nitrogens with zero attached hydrogens (tertiary/aromatic N) is 1. The summed E-state index contributed by atoms with van der Waals surface area (Å²) in [6.45, 7) is 3.13. The molecule has 1 rings (SSSR count). The number of ketones is 1. The molecule has 1 aromatic carbocycles. The Morgan fingerprint density at radius 1 is 1.17 bits per heavy atom. The lowest BCUT2D eigenvalue weighted by molar-refractivity contribution is -0.138. The fourth-order valence-corrected chi connectivity index (χ4v) is 1.56. The molecule has 0 bridgehead atoms. The van der Waals surface area contributed by atoms with Crippen molar-refractivity contribution < 1.29 is 31.9 Å². The molecule has 1 N–H and O–H groups in total. The van der Waals surface area contributed by atoms with E-state index in [9.17, 15) is 27.2 Å². The second-order valence-electron chi connectivity index (χ2n) is 4.30. The standard InChI is InChI=1S/C15H14F4N2O3/c1-3-5-20-21-7-9(15(23)24-4-2)14(22)8-6-10(16)12(18)13(19)11(8)17/h5-7,21H,3-4H2,1-2H3/b9-7-,20-5+. The lowest BCUT2D eigenvalue weighted by atomic mass is 10.0. The number of benzene rings is 1. The first-order chi connectivity index (χ1) is 11.3. The van der Waals surface area contributed by atoms with Crippen LogP contribution in [0.3, 0.4) is 0 Å². The molecule has 0 unspecified atom stereocenters. The van der Waals surface area contributed by atoms with Crippen molar-refractivity contribution in [1.29, 1.82) is 0 Å². The zero-order valence-corrected chi connectivity index (χ0v) is 12.8. The molecule has 0 aromatic heterocycles. The minimum atomic E-state index is -2.15. The van der Waals surface area contributed by atoms with E-state index in [1.165, 1.54) is 13.1 Å². The minimum Gasteiger partial charge on any atom is -0.462 e. The molecule has 0 radical (unpaired) electrons. The zero-order chi connectivity index (χ0) is 18.3. The van der Waals surface area contributed by atoms with Crippen molar-refractivity contribution in [3.05, 3.63) is 46.7 Å². The summed E-state index contributed by atoms with van der Waals surface area (Å²) in [4.78, 5) is 24.0. The third-order valence-corrected chi connectivity index (χ3v) is 2.64. The van der Waals surface area contributed by atoms with E-state index < -0.39 is 46.2 Å². The van der Waals surface area contributed by atoms with Gasteiger partial charge in [-0.2, -0.15) is 5.10 Å². The number of hydrogen-bond acceptors (Lipinski definition) is 5. The highest BCUT2D eigenvalue weighted by molar-refractivity contribution is 6.24. The first kappa shape index (κ1) is 19.3. The van der Waals surface area contributed by atoms with Gasteiger partial charge in [-0.3, -0.25) is 10.2 Å². The number of hydrogen-bond donors (Lipinski definition) is 1. The van der Waals surface area contributed by atoms with Crippen molar-refractivity contribution in [2.75, 3.05) is 6.61 Å². The number of nitrogens with one attached hydrogen (secondary N) is 1. The maximum atomic E-state index is 13.7. The van der Waals surface area contributed by atoms with E-state index in [0.717, 1.165) is 6.20 Å². The van der Waals surface area contributed by atoms with Crippen LogP contribution in [0.15, 0.2) is 22.9 Å². The van der Waals surface area contributed by atoms with E-state index in [1.807, 2.05) is 0 Å². The molecule has 130 valence electrons. The first-order valence-corrected chi connectivity index (χ1v) is 6.87. The van der Waals surface area contributed by atoms with Crippen LogP contribution in [0, 0.1) is 23.3 Å². The molecule has 0 aliphatic carbocycles. The van der Waals surface area contributed by atoms with Gasteiger partial charge in [-0.15, -0.1) is 0 Å². The van der Waals surface area contributed by atoms with Gasteiger partial charge in [0.25, 0.3) is 0 Å². The fourth-order valence-electron chi connectivity index (χ4n) is 1.56. The topological polar surface area (TPSA) is 67.8 Å². The van der Waals surface area contributed by atoms with Gasteiger partial charge in [0.05, 0.1) is 12.2 Å². The fraction of sp³-hybridized carbons (Fsp3) is 0.267. The van der Waals surface area contributed by atoms with Crippen LogP contribution in [0.5, 0.6) is 0 Å². The molecular weight excluding hydrogens is 332 g/mol. The number of esters is 1. The molecule has 0 saturated heterocycles. The highest BCUT2D eigenvalue weighted by Crippen LogP contribution is 2.21. The molecule has 0 fully saturated rings. The van der Waals surface area contributed by atoms with Crippen LogP contribution in [0.1, 0.15) is 30.6 Å². The molecule has 0 aliphatic heterocycles. The Labute approximate surface area is 135 Å². The number of rotatable bonds is 7. The molecule has 0 amide bonds. The third-order valence-electron chi connectivity index (χ3n) is 2.64. The predicted molar refractivity (Wildman–Crippen MR) is 77.2 cm³/mol. The molecule has 0 spiro atoms. The van der Waals surface area contributed by atoms with Crippen LogP contribution in [0.4, 0.5) is 17.6 Å². The Bertz CT molecular complexity index is 702. The minimum absolute atomic E-state index is 0.101. The van der Waals surface area contributed by atoms with Crippen molar-refractivity contribution >= 4 is 18.0 Å². The van der Waals surface area contributed by atoms with Crippen LogP contribution in [0.25, 0.3) is 0 Å². The lowest BCUT2D eigenvalue weighted by Gasteiger charge is -2.08. The second kappa shape index (κ2) is 8.80. The van der Waals surface area contributed by atoms with Gasteiger partial charge in [0.2, 0.25) is 5.78 Å². The average molecular weight is 346 g/mol. The van der Waals surface area contributed by atoms with Gasteiger partial charge in [0.1, 0.15) is 5.57 Å². The first-order valence-electron chi connectivity index (χ1n) is 6.87. The molecule has 24 heavy (non-hydrogen) atoms. The summed E-state index contributed by atoms with van der Waals surface area (Å²) >= 11 is 0. The summed E-state index contributed by atoms with van der Waals surface area (Å²) in [7, 11) is 0. The quantitative estimate of drug-likeness (QED) is 0.0788. The van der Waals surface area contributed by atoms with E-state index in [1.54, 1.807) is 6.92 Å². The Kier molecular flexibility index (Phi) is 7.09. The molecule has 9 heteroatoms. The summed E-state index contributed by atoms with van der Waals surface area (Å²) in [5.74, 6) is -10.4. The molecule has 0 aliphatic rings. The predicted octanol–water partition coefficient (Wildman–Crippen LogP) is 2.86. The summed E-state index contributed by atoms with van der Waals surface area (Å²) < 4.78 is 57.8. The van der Waals surface area contributed by atoms with Gasteiger partial charge in [0.15, 0.2) is 23.3 Å². The largest absolute Gasteiger partial charge is 0.462 e. The maximum Gasteiger partial charge on any atom is 0.343 e. The molecule has 0 heterocycles. The normalized spacial score (nSPS) is 11.7. The van der Waals surface area contributed by atoms with Crippen LogP contribution >= 0.6 is 0 Å². The monoisotopic (exact) mass is 346 g/mol. The Hall–Kier alpha value is -2.71. The van der Waals surface area contributed by atoms with Crippen LogP contribution in [-0.2, 0) is 9.53 Å². The summed E-state index contributed by atoms with van der Waals surface area (Å²) in [6, 6.07) is 0.165. The molecule has 5 nitrogen and oxygen atoms in total. The van der Waals surface area contributed by atoms with Crippen molar-refractivity contribution in [3.8, 4) is 0 Å². The van der Waals surface area contributed by atoms with Gasteiger partial charge in [-0.25, -0.2) is 22.4 Å². The van der Waals surface area contributed by atoms with Crippen molar-refractivity contribution in [3.63, 3.8) is 0 Å². The van der Waals surface area contributed by atoms with Crippen LogP contribution < -0.4 is 5.43 Å². The number of carbonyl (C=O) groups excluding carboxylic acids is 2. The number of halogens is 4. The second-order valence-corrected chi connectivity index (χ2v) is 4.30. The van der Waals surface area contributed by atoms with Gasteiger partial charge < -0.3 is 4.74 Å². The molecule has 0 saturated carbocycles. The van der Waals surface area contributed by atoms with Gasteiger partial charge in [-0.05, 0) is 19.4 Å². The highest BCUT2D eigenvalue weighted by Gasteiger charge is 2.28. The third kappa shape index (κ3) is 4.40.